The van der Waals surface area contributed by atoms with Gasteiger partial charge in [-0.3, -0.25) is 0 Å². The summed E-state index contributed by atoms with van der Waals surface area (Å²) in [7, 11) is 0. The van der Waals surface area contributed by atoms with Crippen LogP contribution in [0.1, 0.15) is 52.9 Å². The number of nitrogens with one attached hydrogen (secondary N) is 1. The third-order valence-corrected chi connectivity index (χ3v) is 5.42. The predicted molar refractivity (Wildman–Crippen MR) is 78.8 cm³/mol. The van der Waals surface area contributed by atoms with E-state index in [0.29, 0.717) is 5.41 Å². The highest BCUT2D eigenvalue weighted by atomic mass is 15.1. The van der Waals surface area contributed by atoms with Gasteiger partial charge in [0.1, 0.15) is 0 Å². The van der Waals surface area contributed by atoms with Gasteiger partial charge in [0.05, 0.1) is 0 Å². The molecule has 0 spiro atoms. The molecule has 2 aliphatic rings. The van der Waals surface area contributed by atoms with E-state index in [1.54, 1.807) is 0 Å². The second kappa shape index (κ2) is 6.38. The molecule has 18 heavy (non-hydrogen) atoms. The van der Waals surface area contributed by atoms with E-state index in [-0.39, 0.29) is 0 Å². The molecular formula is C16H32N2. The molecule has 0 amide bonds. The largest absolute Gasteiger partial charge is 0.317 e. The summed E-state index contributed by atoms with van der Waals surface area (Å²) in [5.41, 5.74) is 0.625. The molecule has 2 aliphatic heterocycles. The third-order valence-electron chi connectivity index (χ3n) is 5.42. The molecule has 2 saturated heterocycles. The SMILES string of the molecule is CCCC1(CN2CCC(C)C(C)C2)CCNCC1. The lowest BCUT2D eigenvalue weighted by atomic mass is 9.74. The fraction of sp³-hybridized carbons (Fsp3) is 1.00. The Kier molecular flexibility index (Phi) is 5.08. The zero-order valence-corrected chi connectivity index (χ0v) is 12.7. The van der Waals surface area contributed by atoms with Gasteiger partial charge >= 0.3 is 0 Å². The molecule has 2 nitrogen and oxygen atoms in total. The van der Waals surface area contributed by atoms with Crippen molar-refractivity contribution in [3.63, 3.8) is 0 Å². The van der Waals surface area contributed by atoms with E-state index >= 15 is 0 Å². The average molecular weight is 252 g/mol. The van der Waals surface area contributed by atoms with Crippen molar-refractivity contribution < 1.29 is 0 Å². The second-order valence-corrected chi connectivity index (χ2v) is 6.98. The summed E-state index contributed by atoms with van der Waals surface area (Å²) in [6, 6.07) is 0. The van der Waals surface area contributed by atoms with E-state index in [1.165, 1.54) is 64.8 Å². The minimum Gasteiger partial charge on any atom is -0.317 e. The number of rotatable bonds is 4. The van der Waals surface area contributed by atoms with Crippen molar-refractivity contribution in [2.75, 3.05) is 32.7 Å². The molecule has 0 aromatic heterocycles. The first-order chi connectivity index (χ1) is 8.65. The molecule has 2 fully saturated rings. The Labute approximate surface area is 114 Å². The summed E-state index contributed by atoms with van der Waals surface area (Å²) in [5.74, 6) is 1.82. The monoisotopic (exact) mass is 252 g/mol. The molecule has 0 bridgehead atoms. The van der Waals surface area contributed by atoms with Crippen LogP contribution in [-0.4, -0.2) is 37.6 Å². The Hall–Kier alpha value is -0.0800. The maximum Gasteiger partial charge on any atom is 0.00390 e. The fourth-order valence-electron chi connectivity index (χ4n) is 3.94. The van der Waals surface area contributed by atoms with Crippen LogP contribution in [-0.2, 0) is 0 Å². The molecule has 0 aliphatic carbocycles. The lowest BCUT2D eigenvalue weighted by Gasteiger charge is -2.44. The highest BCUT2D eigenvalue weighted by molar-refractivity contribution is 4.89. The fourth-order valence-corrected chi connectivity index (χ4v) is 3.94. The second-order valence-electron chi connectivity index (χ2n) is 6.98. The van der Waals surface area contributed by atoms with Gasteiger partial charge in [-0.05, 0) is 62.6 Å². The molecule has 0 aromatic carbocycles. The van der Waals surface area contributed by atoms with Crippen molar-refractivity contribution in [3.8, 4) is 0 Å². The molecule has 2 atom stereocenters. The topological polar surface area (TPSA) is 15.3 Å². The van der Waals surface area contributed by atoms with Gasteiger partial charge in [-0.1, -0.05) is 27.2 Å². The lowest BCUT2D eigenvalue weighted by molar-refractivity contribution is 0.0579. The van der Waals surface area contributed by atoms with Gasteiger partial charge in [-0.15, -0.1) is 0 Å². The van der Waals surface area contributed by atoms with Gasteiger partial charge in [0.2, 0.25) is 0 Å². The minimum absolute atomic E-state index is 0.625. The van der Waals surface area contributed by atoms with Crippen LogP contribution in [0.3, 0.4) is 0 Å². The zero-order valence-electron chi connectivity index (χ0n) is 12.7. The Balaban J connectivity index is 1.92. The highest BCUT2D eigenvalue weighted by Crippen LogP contribution is 2.36. The van der Waals surface area contributed by atoms with Crippen LogP contribution in [0.4, 0.5) is 0 Å². The minimum atomic E-state index is 0.625. The van der Waals surface area contributed by atoms with Gasteiger partial charge in [0.15, 0.2) is 0 Å². The van der Waals surface area contributed by atoms with Crippen LogP contribution in [0, 0.1) is 17.3 Å². The van der Waals surface area contributed by atoms with Gasteiger partial charge in [0.25, 0.3) is 0 Å². The quantitative estimate of drug-likeness (QED) is 0.827. The molecule has 2 rings (SSSR count). The summed E-state index contributed by atoms with van der Waals surface area (Å²) in [6.45, 7) is 13.7. The maximum absolute atomic E-state index is 3.53. The Morgan fingerprint density at radius 1 is 1.17 bits per heavy atom. The maximum atomic E-state index is 3.53. The molecule has 0 radical (unpaired) electrons. The normalized spacial score (nSPS) is 33.5. The van der Waals surface area contributed by atoms with Crippen molar-refractivity contribution in [2.24, 2.45) is 17.3 Å². The van der Waals surface area contributed by atoms with Crippen LogP contribution < -0.4 is 5.32 Å². The third kappa shape index (κ3) is 3.48. The van der Waals surface area contributed by atoms with E-state index in [0.717, 1.165) is 11.8 Å². The standard InChI is InChI=1S/C16H32N2/c1-4-6-16(7-9-17-10-8-16)13-18-11-5-14(2)15(3)12-18/h14-15,17H,4-13H2,1-3H3. The molecule has 106 valence electrons. The lowest BCUT2D eigenvalue weighted by Crippen LogP contribution is -2.48. The van der Waals surface area contributed by atoms with Gasteiger partial charge in [0, 0.05) is 13.1 Å². The molecule has 0 saturated carbocycles. The van der Waals surface area contributed by atoms with Gasteiger partial charge in [-0.2, -0.15) is 0 Å². The highest BCUT2D eigenvalue weighted by Gasteiger charge is 2.34. The Bertz CT molecular complexity index is 240. The number of hydrogen-bond donors (Lipinski definition) is 1. The van der Waals surface area contributed by atoms with Crippen molar-refractivity contribution in [2.45, 2.75) is 52.9 Å². The van der Waals surface area contributed by atoms with Crippen LogP contribution in [0.15, 0.2) is 0 Å². The van der Waals surface area contributed by atoms with Crippen molar-refractivity contribution >= 4 is 0 Å². The van der Waals surface area contributed by atoms with E-state index in [1.807, 2.05) is 0 Å². The van der Waals surface area contributed by atoms with Crippen molar-refractivity contribution in [1.82, 2.24) is 10.2 Å². The van der Waals surface area contributed by atoms with Crippen LogP contribution in [0.2, 0.25) is 0 Å². The average Bonchev–Trinajstić information content (AvgIpc) is 2.35. The summed E-state index contributed by atoms with van der Waals surface area (Å²) < 4.78 is 0. The number of hydrogen-bond acceptors (Lipinski definition) is 2. The first-order valence-electron chi connectivity index (χ1n) is 8.08. The Morgan fingerprint density at radius 3 is 2.50 bits per heavy atom. The number of nitrogens with zero attached hydrogens (tertiary/aromatic N) is 1. The number of piperidine rings is 2. The van der Waals surface area contributed by atoms with Crippen LogP contribution in [0.5, 0.6) is 0 Å². The van der Waals surface area contributed by atoms with Gasteiger partial charge in [-0.25, -0.2) is 0 Å². The van der Waals surface area contributed by atoms with Crippen LogP contribution in [0.25, 0.3) is 0 Å². The van der Waals surface area contributed by atoms with E-state index in [9.17, 15) is 0 Å². The van der Waals surface area contributed by atoms with Crippen molar-refractivity contribution in [3.05, 3.63) is 0 Å². The summed E-state index contributed by atoms with van der Waals surface area (Å²) >= 11 is 0. The summed E-state index contributed by atoms with van der Waals surface area (Å²) in [4.78, 5) is 2.77. The first kappa shape index (κ1) is 14.3. The smallest absolute Gasteiger partial charge is 0.00390 e. The van der Waals surface area contributed by atoms with Gasteiger partial charge < -0.3 is 10.2 Å². The molecule has 1 N–H and O–H groups in total. The van der Waals surface area contributed by atoms with E-state index in [2.05, 4.69) is 31.0 Å². The number of likely N-dealkylation sites (tertiary alicyclic amines) is 1. The molecule has 2 unspecified atom stereocenters. The zero-order chi connectivity index (χ0) is 13.0. The molecule has 0 aromatic rings. The molecule has 2 heterocycles. The van der Waals surface area contributed by atoms with Crippen LogP contribution >= 0.6 is 0 Å². The predicted octanol–water partition coefficient (Wildman–Crippen LogP) is 3.13. The van der Waals surface area contributed by atoms with E-state index < -0.39 is 0 Å². The molecule has 2 heteroatoms. The summed E-state index contributed by atoms with van der Waals surface area (Å²) in [5, 5.41) is 3.53. The van der Waals surface area contributed by atoms with Crippen molar-refractivity contribution in [1.29, 1.82) is 0 Å². The molecular weight excluding hydrogens is 220 g/mol. The summed E-state index contributed by atoms with van der Waals surface area (Å²) in [6.07, 6.45) is 6.96. The Morgan fingerprint density at radius 2 is 1.89 bits per heavy atom. The van der Waals surface area contributed by atoms with E-state index in [4.69, 9.17) is 0 Å². The first-order valence-corrected chi connectivity index (χ1v) is 8.08.